The molecule has 0 amide bonds. The zero-order valence-electron chi connectivity index (χ0n) is 10.8. The monoisotopic (exact) mass is 273 g/mol. The molecule has 1 aliphatic carbocycles. The number of nitrogens with two attached hydrogens (primary N) is 1. The first-order chi connectivity index (χ1) is 8.86. The average molecular weight is 273 g/mol. The fourth-order valence-corrected chi connectivity index (χ4v) is 2.40. The van der Waals surface area contributed by atoms with E-state index in [2.05, 4.69) is 6.92 Å². The van der Waals surface area contributed by atoms with E-state index >= 15 is 0 Å². The van der Waals surface area contributed by atoms with Crippen LogP contribution in [0.3, 0.4) is 0 Å². The molecule has 5 heteroatoms. The summed E-state index contributed by atoms with van der Waals surface area (Å²) in [5, 5.41) is 0. The minimum Gasteiger partial charge on any atom is -0.490 e. The quantitative estimate of drug-likeness (QED) is 0.818. The topological polar surface area (TPSA) is 35.2 Å². The molecule has 1 saturated carbocycles. The first-order valence-corrected chi connectivity index (χ1v) is 6.49. The van der Waals surface area contributed by atoms with Crippen molar-refractivity contribution in [3.8, 4) is 5.75 Å². The van der Waals surface area contributed by atoms with Gasteiger partial charge in [-0.1, -0.05) is 6.92 Å². The van der Waals surface area contributed by atoms with Gasteiger partial charge in [-0.15, -0.1) is 0 Å². The van der Waals surface area contributed by atoms with Crippen molar-refractivity contribution in [3.63, 3.8) is 0 Å². The summed E-state index contributed by atoms with van der Waals surface area (Å²) in [4.78, 5) is 0. The molecule has 0 aromatic heterocycles. The average Bonchev–Trinajstić information content (AvgIpc) is 2.33. The lowest BCUT2D eigenvalue weighted by molar-refractivity contribution is -0.139. The number of hydrogen-bond acceptors (Lipinski definition) is 2. The third kappa shape index (κ3) is 3.55. The molecule has 0 aliphatic heterocycles. The van der Waals surface area contributed by atoms with E-state index in [1.165, 1.54) is 12.1 Å². The van der Waals surface area contributed by atoms with Crippen LogP contribution < -0.4 is 10.5 Å². The van der Waals surface area contributed by atoms with Crippen molar-refractivity contribution in [2.45, 2.75) is 44.9 Å². The van der Waals surface area contributed by atoms with E-state index in [-0.39, 0.29) is 17.5 Å². The molecular formula is C14H18F3NO. The molecule has 0 radical (unpaired) electrons. The number of nitrogen functional groups attached to an aromatic ring is 1. The molecule has 0 heterocycles. The molecule has 19 heavy (non-hydrogen) atoms. The zero-order valence-corrected chi connectivity index (χ0v) is 10.8. The summed E-state index contributed by atoms with van der Waals surface area (Å²) < 4.78 is 44.3. The predicted octanol–water partition coefficient (Wildman–Crippen LogP) is 4.25. The van der Waals surface area contributed by atoms with Gasteiger partial charge in [0.05, 0.1) is 11.7 Å². The summed E-state index contributed by atoms with van der Waals surface area (Å²) in [7, 11) is 0. The van der Waals surface area contributed by atoms with Gasteiger partial charge < -0.3 is 10.5 Å². The fraction of sp³-hybridized carbons (Fsp3) is 0.571. The normalized spacial score (nSPS) is 24.2. The maximum absolute atomic E-state index is 12.9. The van der Waals surface area contributed by atoms with Gasteiger partial charge in [0.15, 0.2) is 0 Å². The second-order valence-electron chi connectivity index (χ2n) is 5.25. The first kappa shape index (κ1) is 14.0. The molecule has 2 nitrogen and oxygen atoms in total. The van der Waals surface area contributed by atoms with Crippen LogP contribution in [0.4, 0.5) is 18.9 Å². The minimum absolute atomic E-state index is 0.0944. The highest BCUT2D eigenvalue weighted by Gasteiger charge is 2.35. The van der Waals surface area contributed by atoms with E-state index in [0.717, 1.165) is 31.7 Å². The van der Waals surface area contributed by atoms with Gasteiger partial charge in [-0.2, -0.15) is 13.2 Å². The van der Waals surface area contributed by atoms with Crippen LogP contribution in [0.15, 0.2) is 18.2 Å². The van der Waals surface area contributed by atoms with Crippen LogP contribution in [0.5, 0.6) is 5.75 Å². The molecule has 1 aliphatic rings. The Hall–Kier alpha value is -1.39. The lowest BCUT2D eigenvalue weighted by Gasteiger charge is -2.28. The van der Waals surface area contributed by atoms with Crippen LogP contribution in [0.1, 0.15) is 38.2 Å². The first-order valence-electron chi connectivity index (χ1n) is 6.49. The Morgan fingerprint density at radius 3 is 2.37 bits per heavy atom. The molecular weight excluding hydrogens is 255 g/mol. The van der Waals surface area contributed by atoms with Crippen molar-refractivity contribution in [2.24, 2.45) is 5.92 Å². The predicted molar refractivity (Wildman–Crippen MR) is 67.9 cm³/mol. The molecule has 0 unspecified atom stereocenters. The van der Waals surface area contributed by atoms with Crippen LogP contribution in [0, 0.1) is 5.92 Å². The summed E-state index contributed by atoms with van der Waals surface area (Å²) in [6.07, 6.45) is -0.943. The van der Waals surface area contributed by atoms with E-state index in [1.54, 1.807) is 0 Å². The van der Waals surface area contributed by atoms with Crippen LogP contribution in [0.2, 0.25) is 0 Å². The van der Waals surface area contributed by atoms with Crippen molar-refractivity contribution in [1.29, 1.82) is 0 Å². The number of benzene rings is 1. The molecule has 2 rings (SSSR count). The summed E-state index contributed by atoms with van der Waals surface area (Å²) in [6, 6.07) is 3.69. The van der Waals surface area contributed by atoms with Crippen LogP contribution in [-0.2, 0) is 6.18 Å². The number of alkyl halides is 3. The van der Waals surface area contributed by atoms with Gasteiger partial charge in [-0.05, 0) is 49.8 Å². The minimum atomic E-state index is -4.44. The zero-order chi connectivity index (χ0) is 14.0. The summed E-state index contributed by atoms with van der Waals surface area (Å²) in [6.45, 7) is 2.15. The molecule has 0 atom stereocenters. The highest BCUT2D eigenvalue weighted by atomic mass is 19.4. The fourth-order valence-electron chi connectivity index (χ4n) is 2.40. The highest BCUT2D eigenvalue weighted by Crippen LogP contribution is 2.39. The van der Waals surface area contributed by atoms with Crippen molar-refractivity contribution < 1.29 is 17.9 Å². The Labute approximate surface area is 110 Å². The molecule has 1 fully saturated rings. The van der Waals surface area contributed by atoms with Gasteiger partial charge in [0.25, 0.3) is 0 Å². The Balaban J connectivity index is 2.16. The van der Waals surface area contributed by atoms with Crippen molar-refractivity contribution >= 4 is 5.69 Å². The van der Waals surface area contributed by atoms with Crippen LogP contribution >= 0.6 is 0 Å². The summed E-state index contributed by atoms with van der Waals surface area (Å²) in [5.41, 5.74) is 4.73. The molecule has 1 aromatic carbocycles. The van der Waals surface area contributed by atoms with Gasteiger partial charge in [0.2, 0.25) is 0 Å². The van der Waals surface area contributed by atoms with E-state index < -0.39 is 11.7 Å². The number of rotatable bonds is 2. The van der Waals surface area contributed by atoms with Crippen molar-refractivity contribution in [3.05, 3.63) is 23.8 Å². The van der Waals surface area contributed by atoms with E-state index in [4.69, 9.17) is 10.5 Å². The third-order valence-electron chi connectivity index (χ3n) is 3.57. The van der Waals surface area contributed by atoms with Crippen LogP contribution in [0.25, 0.3) is 0 Å². The number of halogens is 3. The molecule has 1 aromatic rings. The van der Waals surface area contributed by atoms with Gasteiger partial charge >= 0.3 is 6.18 Å². The van der Waals surface area contributed by atoms with E-state index in [0.29, 0.717) is 5.92 Å². The molecule has 0 bridgehead atoms. The Morgan fingerprint density at radius 1 is 1.16 bits per heavy atom. The molecule has 2 N–H and O–H groups in total. The SMILES string of the molecule is CC1CCC(Oc2ccc(N)cc2C(F)(F)F)CC1. The second kappa shape index (κ2) is 5.31. The number of anilines is 1. The Kier molecular flexibility index (Phi) is 3.92. The highest BCUT2D eigenvalue weighted by molar-refractivity contribution is 5.49. The Morgan fingerprint density at radius 2 is 1.79 bits per heavy atom. The number of ether oxygens (including phenoxy) is 1. The standard InChI is InChI=1S/C14H18F3NO/c1-9-2-5-11(6-3-9)19-13-7-4-10(18)8-12(13)14(15,16)17/h4,7-9,11H,2-3,5-6,18H2,1H3. The smallest absolute Gasteiger partial charge is 0.420 e. The van der Waals surface area contributed by atoms with Gasteiger partial charge in [0, 0.05) is 5.69 Å². The largest absolute Gasteiger partial charge is 0.490 e. The van der Waals surface area contributed by atoms with Crippen molar-refractivity contribution in [1.82, 2.24) is 0 Å². The third-order valence-corrected chi connectivity index (χ3v) is 3.57. The maximum atomic E-state index is 12.9. The lowest BCUT2D eigenvalue weighted by atomic mass is 9.89. The van der Waals surface area contributed by atoms with Crippen LogP contribution in [-0.4, -0.2) is 6.10 Å². The Bertz CT molecular complexity index is 437. The molecule has 0 spiro atoms. The van der Waals surface area contributed by atoms with Gasteiger partial charge in [0.1, 0.15) is 5.75 Å². The van der Waals surface area contributed by atoms with Crippen molar-refractivity contribution in [2.75, 3.05) is 5.73 Å². The summed E-state index contributed by atoms with van der Waals surface area (Å²) >= 11 is 0. The number of hydrogen-bond donors (Lipinski definition) is 1. The van der Waals surface area contributed by atoms with Gasteiger partial charge in [-0.25, -0.2) is 0 Å². The van der Waals surface area contributed by atoms with Gasteiger partial charge in [-0.3, -0.25) is 0 Å². The molecule has 106 valence electrons. The van der Waals surface area contributed by atoms with E-state index in [9.17, 15) is 13.2 Å². The summed E-state index contributed by atoms with van der Waals surface area (Å²) in [5.74, 6) is 0.523. The second-order valence-corrected chi connectivity index (χ2v) is 5.25. The maximum Gasteiger partial charge on any atom is 0.420 e. The lowest BCUT2D eigenvalue weighted by Crippen LogP contribution is -2.24. The van der Waals surface area contributed by atoms with E-state index in [1.807, 2.05) is 0 Å². The molecule has 0 saturated heterocycles.